The van der Waals surface area contributed by atoms with Crippen molar-refractivity contribution in [2.45, 2.75) is 13.5 Å². The summed E-state index contributed by atoms with van der Waals surface area (Å²) in [6.07, 6.45) is 1.12. The second-order valence-corrected chi connectivity index (χ2v) is 4.21. The number of fused-ring (bicyclic) bond motifs is 1. The van der Waals surface area contributed by atoms with E-state index >= 15 is 0 Å². The number of benzene rings is 1. The maximum Gasteiger partial charge on any atom is 0.341 e. The Morgan fingerprint density at radius 2 is 2.11 bits per heavy atom. The fourth-order valence-corrected chi connectivity index (χ4v) is 1.96. The molecule has 0 saturated carbocycles. The minimum atomic E-state index is -1.35. The quantitative estimate of drug-likeness (QED) is 0.872. The third kappa shape index (κ3) is 2.22. The van der Waals surface area contributed by atoms with Gasteiger partial charge >= 0.3 is 5.97 Å². The van der Waals surface area contributed by atoms with Gasteiger partial charge in [0.1, 0.15) is 11.4 Å². The number of hydrogen-bond donors (Lipinski definition) is 2. The van der Waals surface area contributed by atoms with Crippen LogP contribution in [0.5, 0.6) is 0 Å². The first kappa shape index (κ1) is 13.2. The van der Waals surface area contributed by atoms with Crippen molar-refractivity contribution in [3.63, 3.8) is 0 Å². The molecule has 0 aliphatic heterocycles. The number of aliphatic hydroxyl groups is 1. The highest BCUT2D eigenvalue weighted by atomic mass is 19.1. The van der Waals surface area contributed by atoms with Gasteiger partial charge in [-0.25, -0.2) is 9.18 Å². The van der Waals surface area contributed by atoms with Crippen LogP contribution in [0.4, 0.5) is 4.39 Å². The summed E-state index contributed by atoms with van der Waals surface area (Å²) in [6, 6.07) is 2.50. The molecule has 0 amide bonds. The largest absolute Gasteiger partial charge is 0.477 e. The van der Waals surface area contributed by atoms with Gasteiger partial charge in [0.25, 0.3) is 0 Å². The van der Waals surface area contributed by atoms with Crippen molar-refractivity contribution >= 4 is 16.9 Å². The van der Waals surface area contributed by atoms with E-state index in [1.165, 1.54) is 23.6 Å². The van der Waals surface area contributed by atoms with Gasteiger partial charge in [0.05, 0.1) is 12.1 Å². The minimum Gasteiger partial charge on any atom is -0.477 e. The van der Waals surface area contributed by atoms with Crippen molar-refractivity contribution < 1.29 is 19.4 Å². The molecule has 0 bridgehead atoms. The Morgan fingerprint density at radius 3 is 2.68 bits per heavy atom. The van der Waals surface area contributed by atoms with E-state index < -0.39 is 22.8 Å². The molecule has 0 aliphatic carbocycles. The molecule has 19 heavy (non-hydrogen) atoms. The number of carboxylic acids is 1. The number of carbonyl (C=O) groups is 1. The van der Waals surface area contributed by atoms with Crippen LogP contribution in [-0.4, -0.2) is 27.4 Å². The van der Waals surface area contributed by atoms with Crippen LogP contribution in [0.1, 0.15) is 15.9 Å². The first-order valence-corrected chi connectivity index (χ1v) is 5.63. The molecule has 2 aromatic rings. The smallest absolute Gasteiger partial charge is 0.341 e. The summed E-state index contributed by atoms with van der Waals surface area (Å²) in [6.45, 7) is 1.34. The average Bonchev–Trinajstić information content (AvgIpc) is 2.35. The second-order valence-electron chi connectivity index (χ2n) is 4.21. The molecule has 0 saturated heterocycles. The fourth-order valence-electron chi connectivity index (χ4n) is 1.96. The van der Waals surface area contributed by atoms with Crippen LogP contribution in [-0.2, 0) is 6.54 Å². The summed E-state index contributed by atoms with van der Waals surface area (Å²) in [5.41, 5.74) is -0.512. The van der Waals surface area contributed by atoms with Gasteiger partial charge in [0.15, 0.2) is 0 Å². The molecule has 0 aliphatic rings. The molecule has 2 rings (SSSR count). The van der Waals surface area contributed by atoms with Crippen molar-refractivity contribution in [3.05, 3.63) is 45.5 Å². The van der Waals surface area contributed by atoms with Gasteiger partial charge in [-0.05, 0) is 24.6 Å². The molecule has 6 heteroatoms. The molecule has 1 aromatic carbocycles. The highest BCUT2D eigenvalue weighted by Crippen LogP contribution is 2.17. The highest BCUT2D eigenvalue weighted by molar-refractivity contribution is 5.92. The van der Waals surface area contributed by atoms with Crippen LogP contribution in [0.15, 0.2) is 23.1 Å². The number of nitrogens with zero attached hydrogens (tertiary/aromatic N) is 1. The maximum absolute atomic E-state index is 13.6. The van der Waals surface area contributed by atoms with E-state index in [-0.39, 0.29) is 29.6 Å². The SMILES string of the molecule is Cc1cc2c(=O)c(C(=O)O)cn(CCO)c2cc1F. The summed E-state index contributed by atoms with van der Waals surface area (Å²) in [5.74, 6) is -1.83. The van der Waals surface area contributed by atoms with Crippen LogP contribution < -0.4 is 5.43 Å². The molecule has 0 unspecified atom stereocenters. The lowest BCUT2D eigenvalue weighted by Crippen LogP contribution is -2.20. The van der Waals surface area contributed by atoms with Gasteiger partial charge in [-0.3, -0.25) is 4.79 Å². The van der Waals surface area contributed by atoms with E-state index in [0.29, 0.717) is 0 Å². The molecule has 5 nitrogen and oxygen atoms in total. The van der Waals surface area contributed by atoms with Crippen molar-refractivity contribution in [3.8, 4) is 0 Å². The number of halogens is 1. The first-order chi connectivity index (χ1) is 8.95. The molecule has 100 valence electrons. The average molecular weight is 265 g/mol. The zero-order valence-electron chi connectivity index (χ0n) is 10.2. The molecule has 1 heterocycles. The molecule has 2 N–H and O–H groups in total. The van der Waals surface area contributed by atoms with E-state index in [4.69, 9.17) is 10.2 Å². The standard InChI is InChI=1S/C13H12FNO4/c1-7-4-8-11(5-10(7)14)15(2-3-16)6-9(12(8)17)13(18)19/h4-6,16H,2-3H2,1H3,(H,18,19). The van der Waals surface area contributed by atoms with Gasteiger partial charge in [0, 0.05) is 18.1 Å². The lowest BCUT2D eigenvalue weighted by atomic mass is 10.1. The van der Waals surface area contributed by atoms with Crippen LogP contribution in [0.3, 0.4) is 0 Å². The Labute approximate surface area is 107 Å². The summed E-state index contributed by atoms with van der Waals surface area (Å²) in [5, 5.41) is 18.1. The lowest BCUT2D eigenvalue weighted by Gasteiger charge is -2.11. The Morgan fingerprint density at radius 1 is 1.42 bits per heavy atom. The summed E-state index contributed by atoms with van der Waals surface area (Å²) >= 11 is 0. The first-order valence-electron chi connectivity index (χ1n) is 5.63. The molecular formula is C13H12FNO4. The monoisotopic (exact) mass is 265 g/mol. The number of aliphatic hydroxyl groups excluding tert-OH is 1. The fraction of sp³-hybridized carbons (Fsp3) is 0.231. The normalized spacial score (nSPS) is 10.9. The van der Waals surface area contributed by atoms with Gasteiger partial charge in [-0.2, -0.15) is 0 Å². The molecule has 0 radical (unpaired) electrons. The number of carboxylic acid groups (broad SMARTS) is 1. The number of rotatable bonds is 3. The third-order valence-corrected chi connectivity index (χ3v) is 2.93. The van der Waals surface area contributed by atoms with E-state index in [2.05, 4.69) is 0 Å². The van der Waals surface area contributed by atoms with Gasteiger partial charge in [-0.15, -0.1) is 0 Å². The van der Waals surface area contributed by atoms with E-state index in [1.54, 1.807) is 0 Å². The van der Waals surface area contributed by atoms with Crippen LogP contribution in [0, 0.1) is 12.7 Å². The third-order valence-electron chi connectivity index (χ3n) is 2.93. The van der Waals surface area contributed by atoms with E-state index in [1.807, 2.05) is 0 Å². The molecule has 0 spiro atoms. The highest BCUT2D eigenvalue weighted by Gasteiger charge is 2.15. The topological polar surface area (TPSA) is 79.5 Å². The van der Waals surface area contributed by atoms with E-state index in [0.717, 1.165) is 6.20 Å². The van der Waals surface area contributed by atoms with Crippen molar-refractivity contribution in [1.29, 1.82) is 0 Å². The zero-order chi connectivity index (χ0) is 14.2. The number of pyridine rings is 1. The maximum atomic E-state index is 13.6. The number of hydrogen-bond acceptors (Lipinski definition) is 3. The van der Waals surface area contributed by atoms with Crippen molar-refractivity contribution in [1.82, 2.24) is 4.57 Å². The Kier molecular flexibility index (Phi) is 3.35. The van der Waals surface area contributed by atoms with Crippen LogP contribution in [0.25, 0.3) is 10.9 Å². The lowest BCUT2D eigenvalue weighted by molar-refractivity contribution is 0.0694. The second kappa shape index (κ2) is 4.81. The molecular weight excluding hydrogens is 253 g/mol. The van der Waals surface area contributed by atoms with E-state index in [9.17, 15) is 14.0 Å². The Bertz CT molecular complexity index is 721. The summed E-state index contributed by atoms with van der Waals surface area (Å²) in [4.78, 5) is 23.0. The van der Waals surface area contributed by atoms with Crippen molar-refractivity contribution in [2.24, 2.45) is 0 Å². The van der Waals surface area contributed by atoms with Gasteiger partial charge < -0.3 is 14.8 Å². The zero-order valence-corrected chi connectivity index (χ0v) is 10.2. The number of aryl methyl sites for hydroxylation is 1. The van der Waals surface area contributed by atoms with Gasteiger partial charge in [-0.1, -0.05) is 0 Å². The summed E-state index contributed by atoms with van der Waals surface area (Å²) < 4.78 is 14.9. The summed E-state index contributed by atoms with van der Waals surface area (Å²) in [7, 11) is 0. The van der Waals surface area contributed by atoms with Crippen molar-refractivity contribution in [2.75, 3.05) is 6.61 Å². The molecule has 0 atom stereocenters. The molecule has 0 fully saturated rings. The predicted molar refractivity (Wildman–Crippen MR) is 66.9 cm³/mol. The number of aromatic carboxylic acids is 1. The number of aromatic nitrogens is 1. The Hall–Kier alpha value is -2.21. The van der Waals surface area contributed by atoms with Gasteiger partial charge in [0.2, 0.25) is 5.43 Å². The predicted octanol–water partition coefficient (Wildman–Crippen LogP) is 1.14. The minimum absolute atomic E-state index is 0.0829. The molecule has 1 aromatic heterocycles. The Balaban J connectivity index is 2.92. The van der Waals surface area contributed by atoms with Crippen LogP contribution >= 0.6 is 0 Å². The van der Waals surface area contributed by atoms with Crippen LogP contribution in [0.2, 0.25) is 0 Å².